The fraction of sp³-hybridized carbons (Fsp3) is 0.833. The van der Waals surface area contributed by atoms with Gasteiger partial charge in [-0.25, -0.2) is 0 Å². The van der Waals surface area contributed by atoms with E-state index in [1.165, 1.54) is 0 Å². The van der Waals surface area contributed by atoms with Gasteiger partial charge in [0.15, 0.2) is 0 Å². The third-order valence-corrected chi connectivity index (χ3v) is 2.92. The lowest BCUT2D eigenvalue weighted by Crippen LogP contribution is -2.42. The lowest BCUT2D eigenvalue weighted by Gasteiger charge is -2.34. The Morgan fingerprint density at radius 1 is 1.56 bits per heavy atom. The van der Waals surface area contributed by atoms with E-state index in [4.69, 9.17) is 23.2 Å². The van der Waals surface area contributed by atoms with E-state index in [-0.39, 0.29) is 22.5 Å². The summed E-state index contributed by atoms with van der Waals surface area (Å²) in [6.07, 6.45) is 0.755. The van der Waals surface area contributed by atoms with Crippen LogP contribution in [0.5, 0.6) is 0 Å². The number of ketones is 1. The van der Waals surface area contributed by atoms with Gasteiger partial charge in [0.2, 0.25) is 0 Å². The van der Waals surface area contributed by atoms with E-state index in [1.807, 2.05) is 0 Å². The van der Waals surface area contributed by atoms with E-state index in [0.717, 1.165) is 6.42 Å². The van der Waals surface area contributed by atoms with Crippen molar-refractivity contribution in [3.05, 3.63) is 0 Å². The van der Waals surface area contributed by atoms with Gasteiger partial charge in [0.05, 0.1) is 10.8 Å². The highest BCUT2D eigenvalue weighted by Gasteiger charge is 2.40. The highest BCUT2D eigenvalue weighted by Crippen LogP contribution is 2.37. The summed E-state index contributed by atoms with van der Waals surface area (Å²) in [6.45, 7) is 1.56. The molecule has 0 heterocycles. The average molecular weight is 167 g/mol. The number of alkyl halides is 2. The summed E-state index contributed by atoms with van der Waals surface area (Å²) in [4.78, 5) is 10.6. The second-order valence-electron chi connectivity index (χ2n) is 2.41. The van der Waals surface area contributed by atoms with Crippen molar-refractivity contribution in [1.82, 2.24) is 0 Å². The fourth-order valence-electron chi connectivity index (χ4n) is 0.949. The maximum Gasteiger partial charge on any atom is 0.134 e. The maximum absolute atomic E-state index is 10.6. The minimum atomic E-state index is -0.121. The summed E-state index contributed by atoms with van der Waals surface area (Å²) in [5, 5.41) is -0.107. The lowest BCUT2D eigenvalue weighted by molar-refractivity contribution is -0.122. The maximum atomic E-state index is 10.6. The van der Waals surface area contributed by atoms with Crippen LogP contribution in [0.25, 0.3) is 0 Å². The minimum Gasteiger partial charge on any atom is -0.300 e. The first-order valence-corrected chi connectivity index (χ1v) is 3.79. The molecule has 1 rings (SSSR count). The van der Waals surface area contributed by atoms with E-state index < -0.39 is 0 Å². The van der Waals surface area contributed by atoms with Crippen LogP contribution in [0.3, 0.4) is 0 Å². The molecule has 3 heteroatoms. The molecule has 1 saturated carbocycles. The zero-order valence-electron chi connectivity index (χ0n) is 5.10. The van der Waals surface area contributed by atoms with Gasteiger partial charge in [-0.05, 0) is 13.3 Å². The Kier molecular flexibility index (Phi) is 2.02. The number of carbonyl (C=O) groups is 1. The van der Waals surface area contributed by atoms with Crippen molar-refractivity contribution < 1.29 is 4.79 Å². The van der Waals surface area contributed by atoms with E-state index in [2.05, 4.69) is 0 Å². The van der Waals surface area contributed by atoms with Crippen LogP contribution < -0.4 is 0 Å². The molecule has 0 aromatic rings. The second-order valence-corrected chi connectivity index (χ2v) is 3.48. The fourth-order valence-corrected chi connectivity index (χ4v) is 1.70. The SMILES string of the molecule is CC(=O)[C@@H]1C[C@H](Cl)[C@H]1Cl. The van der Waals surface area contributed by atoms with E-state index >= 15 is 0 Å². The van der Waals surface area contributed by atoms with Gasteiger partial charge in [0, 0.05) is 5.92 Å². The summed E-state index contributed by atoms with van der Waals surface area (Å²) >= 11 is 11.4. The molecule has 0 aromatic heterocycles. The predicted octanol–water partition coefficient (Wildman–Crippen LogP) is 1.81. The number of carbonyl (C=O) groups excluding carboxylic acids is 1. The standard InChI is InChI=1S/C6H8Cl2O/c1-3(9)4-2-5(7)6(4)8/h4-6H,2H2,1H3/t4-,5-,6-/m0/s1. The molecule has 1 aliphatic rings. The van der Waals surface area contributed by atoms with Gasteiger partial charge in [0.25, 0.3) is 0 Å². The van der Waals surface area contributed by atoms with Gasteiger partial charge in [-0.15, -0.1) is 23.2 Å². The number of Topliss-reactive ketones (excluding diaryl/α,β-unsaturated/α-hetero) is 1. The van der Waals surface area contributed by atoms with Crippen LogP contribution in [-0.2, 0) is 4.79 Å². The third-order valence-electron chi connectivity index (χ3n) is 1.73. The van der Waals surface area contributed by atoms with E-state index in [0.29, 0.717) is 0 Å². The normalized spacial score (nSPS) is 41.9. The highest BCUT2D eigenvalue weighted by atomic mass is 35.5. The Hall–Kier alpha value is 0.250. The molecule has 1 nitrogen and oxygen atoms in total. The van der Waals surface area contributed by atoms with Crippen molar-refractivity contribution in [1.29, 1.82) is 0 Å². The molecule has 1 fully saturated rings. The summed E-state index contributed by atoms with van der Waals surface area (Å²) in [7, 11) is 0. The molecular weight excluding hydrogens is 159 g/mol. The first-order valence-electron chi connectivity index (χ1n) is 2.91. The molecular formula is C6H8Cl2O. The number of rotatable bonds is 1. The van der Waals surface area contributed by atoms with Crippen molar-refractivity contribution in [3.63, 3.8) is 0 Å². The van der Waals surface area contributed by atoms with Crippen molar-refractivity contribution in [2.24, 2.45) is 5.92 Å². The molecule has 0 unspecified atom stereocenters. The summed E-state index contributed by atoms with van der Waals surface area (Å²) in [5.41, 5.74) is 0. The van der Waals surface area contributed by atoms with Crippen LogP contribution in [0.15, 0.2) is 0 Å². The quantitative estimate of drug-likeness (QED) is 0.544. The summed E-state index contributed by atoms with van der Waals surface area (Å²) in [6, 6.07) is 0. The van der Waals surface area contributed by atoms with Crippen LogP contribution in [0, 0.1) is 5.92 Å². The molecule has 0 aromatic carbocycles. The number of halogens is 2. The zero-order valence-corrected chi connectivity index (χ0v) is 6.62. The van der Waals surface area contributed by atoms with Gasteiger partial charge < -0.3 is 0 Å². The zero-order chi connectivity index (χ0) is 7.02. The Morgan fingerprint density at radius 3 is 2.22 bits per heavy atom. The van der Waals surface area contributed by atoms with Gasteiger partial charge in [-0.1, -0.05) is 0 Å². The Balaban J connectivity index is 2.42. The smallest absolute Gasteiger partial charge is 0.134 e. The van der Waals surface area contributed by atoms with Gasteiger partial charge >= 0.3 is 0 Å². The van der Waals surface area contributed by atoms with Crippen molar-refractivity contribution in [3.8, 4) is 0 Å². The molecule has 52 valence electrons. The summed E-state index contributed by atoms with van der Waals surface area (Å²) in [5.74, 6) is 0.182. The highest BCUT2D eigenvalue weighted by molar-refractivity contribution is 6.32. The van der Waals surface area contributed by atoms with Crippen LogP contribution in [0.1, 0.15) is 13.3 Å². The Labute approximate surface area is 64.3 Å². The molecule has 0 amide bonds. The second kappa shape index (κ2) is 2.47. The monoisotopic (exact) mass is 166 g/mol. The average Bonchev–Trinajstić information content (AvgIpc) is 1.81. The van der Waals surface area contributed by atoms with Crippen molar-refractivity contribution in [2.75, 3.05) is 0 Å². The van der Waals surface area contributed by atoms with Crippen LogP contribution in [-0.4, -0.2) is 16.5 Å². The molecule has 1 aliphatic carbocycles. The van der Waals surface area contributed by atoms with Gasteiger partial charge in [-0.3, -0.25) is 4.79 Å². The van der Waals surface area contributed by atoms with Gasteiger partial charge in [0.1, 0.15) is 5.78 Å². The largest absolute Gasteiger partial charge is 0.300 e. The van der Waals surface area contributed by atoms with E-state index in [1.54, 1.807) is 6.92 Å². The number of hydrogen-bond acceptors (Lipinski definition) is 1. The van der Waals surface area contributed by atoms with Crippen LogP contribution in [0.2, 0.25) is 0 Å². The van der Waals surface area contributed by atoms with Crippen LogP contribution in [0.4, 0.5) is 0 Å². The topological polar surface area (TPSA) is 17.1 Å². The van der Waals surface area contributed by atoms with Crippen molar-refractivity contribution in [2.45, 2.75) is 24.1 Å². The first-order chi connectivity index (χ1) is 4.13. The first kappa shape index (κ1) is 7.36. The molecule has 0 bridgehead atoms. The molecule has 9 heavy (non-hydrogen) atoms. The lowest BCUT2D eigenvalue weighted by atomic mass is 9.81. The summed E-state index contributed by atoms with van der Waals surface area (Å²) < 4.78 is 0. The molecule has 0 spiro atoms. The number of hydrogen-bond donors (Lipinski definition) is 0. The third kappa shape index (κ3) is 1.22. The molecule has 0 N–H and O–H groups in total. The van der Waals surface area contributed by atoms with Gasteiger partial charge in [-0.2, -0.15) is 0 Å². The predicted molar refractivity (Wildman–Crippen MR) is 38.1 cm³/mol. The molecule has 0 saturated heterocycles. The molecule has 3 atom stereocenters. The Bertz CT molecular complexity index is 135. The Morgan fingerprint density at radius 2 is 2.11 bits per heavy atom. The van der Waals surface area contributed by atoms with E-state index in [9.17, 15) is 4.79 Å². The van der Waals surface area contributed by atoms with Crippen LogP contribution >= 0.6 is 23.2 Å². The van der Waals surface area contributed by atoms with Crippen molar-refractivity contribution >= 4 is 29.0 Å². The molecule has 0 aliphatic heterocycles. The molecule has 0 radical (unpaired) electrons. The minimum absolute atomic E-state index is 0.0144.